The third kappa shape index (κ3) is 3.22. The summed E-state index contributed by atoms with van der Waals surface area (Å²) in [5.41, 5.74) is 1.57. The number of aliphatic hydroxyl groups excluding tert-OH is 2. The highest BCUT2D eigenvalue weighted by molar-refractivity contribution is 6.30. The smallest absolute Gasteiger partial charge is 0.228 e. The van der Waals surface area contributed by atoms with Crippen molar-refractivity contribution in [1.29, 1.82) is 0 Å². The normalized spacial score (nSPS) is 10.7. The second-order valence-electron chi connectivity index (χ2n) is 4.85. The second-order valence-corrected chi connectivity index (χ2v) is 5.29. The van der Waals surface area contributed by atoms with Crippen molar-refractivity contribution in [2.75, 3.05) is 0 Å². The highest BCUT2D eigenvalue weighted by Gasteiger charge is 2.20. The molecule has 0 spiro atoms. The molecule has 2 aromatic carbocycles. The summed E-state index contributed by atoms with van der Waals surface area (Å²) in [4.78, 5) is 0. The Labute approximate surface area is 138 Å². The molecule has 0 aliphatic rings. The molecular weight excluding hydrogens is 316 g/mol. The quantitative estimate of drug-likeness (QED) is 0.753. The molecule has 0 amide bonds. The minimum Gasteiger partial charge on any atom is -0.438 e. The van der Waals surface area contributed by atoms with Gasteiger partial charge in [0.1, 0.15) is 5.75 Å². The Morgan fingerprint density at radius 1 is 1.00 bits per heavy atom. The lowest BCUT2D eigenvalue weighted by Crippen LogP contribution is -2.00. The van der Waals surface area contributed by atoms with Gasteiger partial charge in [-0.2, -0.15) is 5.10 Å². The predicted octanol–water partition coefficient (Wildman–Crippen LogP) is 3.30. The molecule has 118 valence electrons. The highest BCUT2D eigenvalue weighted by atomic mass is 35.5. The first kappa shape index (κ1) is 15.6. The monoisotopic (exact) mass is 330 g/mol. The number of hydrogen-bond acceptors (Lipinski definition) is 4. The molecule has 0 fully saturated rings. The largest absolute Gasteiger partial charge is 0.438 e. The van der Waals surface area contributed by atoms with Crippen molar-refractivity contribution < 1.29 is 14.9 Å². The molecule has 1 heterocycles. The van der Waals surface area contributed by atoms with Crippen LogP contribution in [0.4, 0.5) is 0 Å². The van der Waals surface area contributed by atoms with Gasteiger partial charge >= 0.3 is 0 Å². The van der Waals surface area contributed by atoms with Crippen molar-refractivity contribution in [2.45, 2.75) is 13.2 Å². The average molecular weight is 331 g/mol. The van der Waals surface area contributed by atoms with Crippen LogP contribution in [0.25, 0.3) is 5.69 Å². The van der Waals surface area contributed by atoms with Gasteiger partial charge in [0.2, 0.25) is 5.88 Å². The zero-order valence-corrected chi connectivity index (χ0v) is 12.9. The van der Waals surface area contributed by atoms with Gasteiger partial charge in [-0.25, -0.2) is 4.68 Å². The Kier molecular flexibility index (Phi) is 4.62. The number of para-hydroxylation sites is 1. The number of benzene rings is 2. The van der Waals surface area contributed by atoms with Crippen LogP contribution < -0.4 is 4.74 Å². The van der Waals surface area contributed by atoms with Crippen LogP contribution in [-0.2, 0) is 13.2 Å². The summed E-state index contributed by atoms with van der Waals surface area (Å²) in [5, 5.41) is 24.0. The number of nitrogens with zero attached hydrogens (tertiary/aromatic N) is 2. The fourth-order valence-electron chi connectivity index (χ4n) is 2.25. The van der Waals surface area contributed by atoms with Crippen LogP contribution >= 0.6 is 11.6 Å². The molecule has 2 N–H and O–H groups in total. The van der Waals surface area contributed by atoms with Crippen LogP contribution in [0.15, 0.2) is 54.6 Å². The van der Waals surface area contributed by atoms with Crippen LogP contribution in [-0.4, -0.2) is 20.0 Å². The van der Waals surface area contributed by atoms with E-state index in [1.807, 2.05) is 30.3 Å². The van der Waals surface area contributed by atoms with Crippen molar-refractivity contribution in [1.82, 2.24) is 9.78 Å². The minimum atomic E-state index is -0.293. The summed E-state index contributed by atoms with van der Waals surface area (Å²) in [7, 11) is 0. The average Bonchev–Trinajstić information content (AvgIpc) is 2.93. The van der Waals surface area contributed by atoms with E-state index in [0.29, 0.717) is 27.9 Å². The molecule has 0 aliphatic carbocycles. The molecule has 1 aromatic heterocycles. The van der Waals surface area contributed by atoms with Crippen LogP contribution in [0.3, 0.4) is 0 Å². The van der Waals surface area contributed by atoms with Gasteiger partial charge in [0.05, 0.1) is 30.2 Å². The number of aliphatic hydroxyl groups is 2. The third-order valence-corrected chi connectivity index (χ3v) is 3.57. The van der Waals surface area contributed by atoms with E-state index in [1.54, 1.807) is 28.9 Å². The zero-order chi connectivity index (χ0) is 16.2. The minimum absolute atomic E-state index is 0.290. The van der Waals surface area contributed by atoms with Gasteiger partial charge in [-0.3, -0.25) is 0 Å². The number of aromatic nitrogens is 2. The molecule has 0 atom stereocenters. The highest BCUT2D eigenvalue weighted by Crippen LogP contribution is 2.31. The lowest BCUT2D eigenvalue weighted by molar-refractivity contribution is 0.255. The summed E-state index contributed by atoms with van der Waals surface area (Å²) in [6.45, 7) is -0.583. The van der Waals surface area contributed by atoms with E-state index >= 15 is 0 Å². The fraction of sp³-hybridized carbons (Fsp3) is 0.118. The Hall–Kier alpha value is -2.34. The molecule has 0 bridgehead atoms. The standard InChI is InChI=1S/C17H15ClN2O3/c18-12-5-4-8-14(9-12)23-17-15(10-21)16(11-22)19-20(17)13-6-2-1-3-7-13/h1-9,21-22H,10-11H2. The molecule has 3 aromatic rings. The maximum atomic E-state index is 9.65. The molecule has 23 heavy (non-hydrogen) atoms. The van der Waals surface area contributed by atoms with Crippen molar-refractivity contribution in [3.05, 3.63) is 70.9 Å². The molecule has 0 saturated heterocycles. The van der Waals surface area contributed by atoms with Crippen LogP contribution in [0.1, 0.15) is 11.3 Å². The number of halogens is 1. The second kappa shape index (κ2) is 6.83. The fourth-order valence-corrected chi connectivity index (χ4v) is 2.44. The lowest BCUT2D eigenvalue weighted by atomic mass is 10.2. The Morgan fingerprint density at radius 3 is 2.43 bits per heavy atom. The summed E-state index contributed by atoms with van der Waals surface area (Å²) >= 11 is 5.98. The van der Waals surface area contributed by atoms with Crippen LogP contribution in [0.5, 0.6) is 11.6 Å². The first-order valence-electron chi connectivity index (χ1n) is 7.04. The summed E-state index contributed by atoms with van der Waals surface area (Å²) in [6, 6.07) is 16.3. The van der Waals surface area contributed by atoms with E-state index in [-0.39, 0.29) is 13.2 Å². The summed E-state index contributed by atoms with van der Waals surface area (Å²) in [6.07, 6.45) is 0. The predicted molar refractivity (Wildman–Crippen MR) is 86.9 cm³/mol. The van der Waals surface area contributed by atoms with Crippen molar-refractivity contribution in [2.24, 2.45) is 0 Å². The zero-order valence-electron chi connectivity index (χ0n) is 12.2. The molecule has 5 nitrogen and oxygen atoms in total. The molecule has 0 saturated carbocycles. The molecular formula is C17H15ClN2O3. The van der Waals surface area contributed by atoms with Gasteiger partial charge in [0.15, 0.2) is 0 Å². The number of ether oxygens (including phenoxy) is 1. The SMILES string of the molecule is OCc1nn(-c2ccccc2)c(Oc2cccc(Cl)c2)c1CO. The van der Waals surface area contributed by atoms with E-state index in [0.717, 1.165) is 5.69 Å². The number of rotatable bonds is 5. The first-order chi connectivity index (χ1) is 11.2. The third-order valence-electron chi connectivity index (χ3n) is 3.34. The van der Waals surface area contributed by atoms with Gasteiger partial charge < -0.3 is 14.9 Å². The van der Waals surface area contributed by atoms with Gasteiger partial charge in [-0.1, -0.05) is 35.9 Å². The van der Waals surface area contributed by atoms with Gasteiger partial charge in [-0.05, 0) is 30.3 Å². The Balaban J connectivity index is 2.11. The molecule has 6 heteroatoms. The summed E-state index contributed by atoms with van der Waals surface area (Å²) < 4.78 is 7.45. The maximum absolute atomic E-state index is 9.65. The number of hydrogen-bond donors (Lipinski definition) is 2. The van der Waals surface area contributed by atoms with E-state index in [9.17, 15) is 10.2 Å². The van der Waals surface area contributed by atoms with E-state index in [4.69, 9.17) is 16.3 Å². The van der Waals surface area contributed by atoms with Crippen molar-refractivity contribution in [3.8, 4) is 17.3 Å². The van der Waals surface area contributed by atoms with Crippen molar-refractivity contribution in [3.63, 3.8) is 0 Å². The van der Waals surface area contributed by atoms with E-state index in [2.05, 4.69) is 5.10 Å². The van der Waals surface area contributed by atoms with Crippen LogP contribution in [0, 0.1) is 0 Å². The van der Waals surface area contributed by atoms with E-state index in [1.165, 1.54) is 0 Å². The lowest BCUT2D eigenvalue weighted by Gasteiger charge is -2.10. The molecule has 3 rings (SSSR count). The summed E-state index contributed by atoms with van der Waals surface area (Å²) in [5.74, 6) is 0.874. The van der Waals surface area contributed by atoms with E-state index < -0.39 is 0 Å². The maximum Gasteiger partial charge on any atom is 0.228 e. The molecule has 0 radical (unpaired) electrons. The van der Waals surface area contributed by atoms with Gasteiger partial charge in [-0.15, -0.1) is 0 Å². The van der Waals surface area contributed by atoms with Crippen LogP contribution in [0.2, 0.25) is 5.02 Å². The topological polar surface area (TPSA) is 67.5 Å². The van der Waals surface area contributed by atoms with Gasteiger partial charge in [0.25, 0.3) is 0 Å². The Bertz CT molecular complexity index is 803. The molecule has 0 unspecified atom stereocenters. The first-order valence-corrected chi connectivity index (χ1v) is 7.42. The van der Waals surface area contributed by atoms with Gasteiger partial charge in [0, 0.05) is 5.02 Å². The molecule has 0 aliphatic heterocycles. The van der Waals surface area contributed by atoms with Crippen molar-refractivity contribution >= 4 is 11.6 Å². The Morgan fingerprint density at radius 2 is 1.78 bits per heavy atom.